The first-order valence-electron chi connectivity index (χ1n) is 4.26. The molecule has 1 aromatic heterocycles. The van der Waals surface area contributed by atoms with E-state index >= 15 is 0 Å². The third-order valence-corrected chi connectivity index (χ3v) is 2.17. The highest BCUT2D eigenvalue weighted by molar-refractivity contribution is 6.20. The predicted octanol–water partition coefficient (Wildman–Crippen LogP) is 2.95. The average molecular weight is 185 g/mol. The van der Waals surface area contributed by atoms with Crippen molar-refractivity contribution in [3.05, 3.63) is 24.0 Å². The molecule has 0 fully saturated rings. The smallest absolute Gasteiger partial charge is 0.0809 e. The summed E-state index contributed by atoms with van der Waals surface area (Å²) in [5.74, 6) is 0. The van der Waals surface area contributed by atoms with Gasteiger partial charge in [-0.2, -0.15) is 10.2 Å². The van der Waals surface area contributed by atoms with Gasteiger partial charge >= 0.3 is 0 Å². The van der Waals surface area contributed by atoms with Gasteiger partial charge in [-0.15, -0.1) is 11.6 Å². The molecule has 0 aliphatic heterocycles. The third kappa shape index (κ3) is 2.78. The largest absolute Gasteiger partial charge is 0.159 e. The van der Waals surface area contributed by atoms with E-state index in [1.54, 1.807) is 6.20 Å². The van der Waals surface area contributed by atoms with Gasteiger partial charge in [-0.3, -0.25) is 0 Å². The molecule has 0 aliphatic rings. The van der Waals surface area contributed by atoms with Crippen molar-refractivity contribution in [1.29, 1.82) is 0 Å². The lowest BCUT2D eigenvalue weighted by molar-refractivity contribution is 0.682. The van der Waals surface area contributed by atoms with Crippen LogP contribution in [0.1, 0.15) is 37.3 Å². The molecule has 0 spiro atoms. The molecule has 66 valence electrons. The van der Waals surface area contributed by atoms with E-state index in [1.165, 1.54) is 6.42 Å². The van der Waals surface area contributed by atoms with E-state index < -0.39 is 0 Å². The fourth-order valence-corrected chi connectivity index (χ4v) is 1.28. The lowest BCUT2D eigenvalue weighted by atomic mass is 10.1. The Morgan fingerprint density at radius 1 is 1.58 bits per heavy atom. The molecule has 1 aromatic rings. The molecule has 0 aliphatic carbocycles. The van der Waals surface area contributed by atoms with Crippen molar-refractivity contribution >= 4 is 11.6 Å². The van der Waals surface area contributed by atoms with E-state index in [-0.39, 0.29) is 5.38 Å². The molecule has 0 N–H and O–H groups in total. The fraction of sp³-hybridized carbons (Fsp3) is 0.556. The van der Waals surface area contributed by atoms with E-state index in [0.717, 1.165) is 18.5 Å². The molecule has 2 nitrogen and oxygen atoms in total. The SMILES string of the molecule is CCCCC(Cl)c1cccnn1. The van der Waals surface area contributed by atoms with Gasteiger partial charge in [0.05, 0.1) is 11.1 Å². The van der Waals surface area contributed by atoms with Crippen LogP contribution >= 0.6 is 11.6 Å². The highest BCUT2D eigenvalue weighted by Crippen LogP contribution is 2.23. The summed E-state index contributed by atoms with van der Waals surface area (Å²) in [7, 11) is 0. The molecule has 0 radical (unpaired) electrons. The summed E-state index contributed by atoms with van der Waals surface area (Å²) in [6, 6.07) is 3.78. The second kappa shape index (κ2) is 5.09. The first-order valence-corrected chi connectivity index (χ1v) is 4.70. The second-order valence-corrected chi connectivity index (χ2v) is 3.29. The summed E-state index contributed by atoms with van der Waals surface area (Å²) >= 11 is 6.08. The number of alkyl halides is 1. The number of hydrogen-bond donors (Lipinski definition) is 0. The van der Waals surface area contributed by atoms with E-state index in [2.05, 4.69) is 17.1 Å². The minimum atomic E-state index is 0.0265. The van der Waals surface area contributed by atoms with Crippen LogP contribution in [0.25, 0.3) is 0 Å². The van der Waals surface area contributed by atoms with Crippen molar-refractivity contribution in [2.45, 2.75) is 31.6 Å². The van der Waals surface area contributed by atoms with Gasteiger partial charge in [-0.1, -0.05) is 19.8 Å². The molecule has 1 rings (SSSR count). The Kier molecular flexibility index (Phi) is 4.01. The number of rotatable bonds is 4. The molecule has 0 bridgehead atoms. The summed E-state index contributed by atoms with van der Waals surface area (Å²) in [6.45, 7) is 2.15. The van der Waals surface area contributed by atoms with Gasteiger partial charge in [-0.05, 0) is 18.6 Å². The highest BCUT2D eigenvalue weighted by atomic mass is 35.5. The Bertz CT molecular complexity index is 213. The van der Waals surface area contributed by atoms with E-state index in [9.17, 15) is 0 Å². The maximum Gasteiger partial charge on any atom is 0.0809 e. The molecule has 0 amide bonds. The van der Waals surface area contributed by atoms with Gasteiger partial charge in [0.1, 0.15) is 0 Å². The molecule has 0 aromatic carbocycles. The van der Waals surface area contributed by atoms with Gasteiger partial charge in [0.15, 0.2) is 0 Å². The topological polar surface area (TPSA) is 25.8 Å². The Morgan fingerprint density at radius 3 is 3.00 bits per heavy atom. The average Bonchev–Trinajstić information content (AvgIpc) is 2.15. The van der Waals surface area contributed by atoms with Crippen LogP contribution in [0.4, 0.5) is 0 Å². The number of halogens is 1. The van der Waals surface area contributed by atoms with E-state index in [1.807, 2.05) is 12.1 Å². The summed E-state index contributed by atoms with van der Waals surface area (Å²) in [4.78, 5) is 0. The molecule has 0 saturated carbocycles. The maximum absolute atomic E-state index is 6.08. The zero-order chi connectivity index (χ0) is 8.81. The predicted molar refractivity (Wildman–Crippen MR) is 50.2 cm³/mol. The van der Waals surface area contributed by atoms with Crippen LogP contribution in [0, 0.1) is 0 Å². The normalized spacial score (nSPS) is 12.8. The van der Waals surface area contributed by atoms with Crippen LogP contribution < -0.4 is 0 Å². The Labute approximate surface area is 78.0 Å². The van der Waals surface area contributed by atoms with Crippen LogP contribution in [0.3, 0.4) is 0 Å². The molecule has 1 atom stereocenters. The summed E-state index contributed by atoms with van der Waals surface area (Å²) in [5, 5.41) is 7.76. The number of hydrogen-bond acceptors (Lipinski definition) is 2. The standard InChI is InChI=1S/C9H13ClN2/c1-2-3-5-8(10)9-6-4-7-11-12-9/h4,6-8H,2-3,5H2,1H3. The van der Waals surface area contributed by atoms with E-state index in [0.29, 0.717) is 0 Å². The number of nitrogens with zero attached hydrogens (tertiary/aromatic N) is 2. The van der Waals surface area contributed by atoms with Gasteiger partial charge in [0.25, 0.3) is 0 Å². The van der Waals surface area contributed by atoms with Crippen molar-refractivity contribution in [3.8, 4) is 0 Å². The van der Waals surface area contributed by atoms with Gasteiger partial charge in [-0.25, -0.2) is 0 Å². The van der Waals surface area contributed by atoms with Crippen molar-refractivity contribution in [2.75, 3.05) is 0 Å². The lowest BCUT2D eigenvalue weighted by Gasteiger charge is -2.05. The lowest BCUT2D eigenvalue weighted by Crippen LogP contribution is -1.95. The van der Waals surface area contributed by atoms with Crippen molar-refractivity contribution < 1.29 is 0 Å². The fourth-order valence-electron chi connectivity index (χ4n) is 1.01. The van der Waals surface area contributed by atoms with Crippen molar-refractivity contribution in [1.82, 2.24) is 10.2 Å². The monoisotopic (exact) mass is 184 g/mol. The van der Waals surface area contributed by atoms with Crippen molar-refractivity contribution in [3.63, 3.8) is 0 Å². The molecule has 3 heteroatoms. The second-order valence-electron chi connectivity index (χ2n) is 2.76. The summed E-state index contributed by atoms with van der Waals surface area (Å²) in [5.41, 5.74) is 0.882. The Hall–Kier alpha value is -0.630. The first kappa shape index (κ1) is 9.46. The quantitative estimate of drug-likeness (QED) is 0.673. The number of aromatic nitrogens is 2. The Balaban J connectivity index is 2.48. The van der Waals surface area contributed by atoms with Crippen molar-refractivity contribution in [2.24, 2.45) is 0 Å². The minimum Gasteiger partial charge on any atom is -0.159 e. The van der Waals surface area contributed by atoms with Crippen LogP contribution in [-0.4, -0.2) is 10.2 Å². The zero-order valence-corrected chi connectivity index (χ0v) is 7.96. The third-order valence-electron chi connectivity index (χ3n) is 1.72. The highest BCUT2D eigenvalue weighted by Gasteiger charge is 2.07. The number of unbranched alkanes of at least 4 members (excludes halogenated alkanes) is 1. The van der Waals surface area contributed by atoms with Crippen LogP contribution in [0.5, 0.6) is 0 Å². The van der Waals surface area contributed by atoms with E-state index in [4.69, 9.17) is 11.6 Å². The van der Waals surface area contributed by atoms with Gasteiger partial charge < -0.3 is 0 Å². The van der Waals surface area contributed by atoms with Crippen LogP contribution in [0.15, 0.2) is 18.3 Å². The minimum absolute atomic E-state index is 0.0265. The van der Waals surface area contributed by atoms with Crippen LogP contribution in [-0.2, 0) is 0 Å². The maximum atomic E-state index is 6.08. The molecular weight excluding hydrogens is 172 g/mol. The molecule has 0 saturated heterocycles. The Morgan fingerprint density at radius 2 is 2.42 bits per heavy atom. The first-order chi connectivity index (χ1) is 5.84. The van der Waals surface area contributed by atoms with Crippen LogP contribution in [0.2, 0.25) is 0 Å². The summed E-state index contributed by atoms with van der Waals surface area (Å²) in [6.07, 6.45) is 4.96. The molecule has 12 heavy (non-hydrogen) atoms. The summed E-state index contributed by atoms with van der Waals surface area (Å²) < 4.78 is 0. The van der Waals surface area contributed by atoms with Gasteiger partial charge in [0.2, 0.25) is 0 Å². The molecule has 1 unspecified atom stereocenters. The molecule has 1 heterocycles. The molecular formula is C9H13ClN2. The van der Waals surface area contributed by atoms with Gasteiger partial charge in [0, 0.05) is 6.20 Å². The zero-order valence-electron chi connectivity index (χ0n) is 7.20.